The Labute approximate surface area is 194 Å². The molecule has 0 bridgehead atoms. The van der Waals surface area contributed by atoms with Crippen LogP contribution in [0.3, 0.4) is 0 Å². The second-order valence-corrected chi connectivity index (χ2v) is 10.0. The van der Waals surface area contributed by atoms with Crippen LogP contribution in [0.25, 0.3) is 22.3 Å². The lowest BCUT2D eigenvalue weighted by Gasteiger charge is -2.33. The summed E-state index contributed by atoms with van der Waals surface area (Å²) in [7, 11) is 1.16. The minimum atomic E-state index is -0.637. The zero-order chi connectivity index (χ0) is 23.8. The van der Waals surface area contributed by atoms with Crippen molar-refractivity contribution in [1.82, 2.24) is 15.0 Å². The van der Waals surface area contributed by atoms with Crippen LogP contribution in [-0.2, 0) is 14.0 Å². The van der Waals surface area contributed by atoms with E-state index in [2.05, 4.69) is 18.8 Å². The fraction of sp³-hybridized carbons (Fsp3) is 0.417. The van der Waals surface area contributed by atoms with E-state index in [0.717, 1.165) is 11.0 Å². The largest absolute Gasteiger partial charge is 0.493 e. The Kier molecular flexibility index (Phi) is 6.11. The van der Waals surface area contributed by atoms with Crippen molar-refractivity contribution in [3.8, 4) is 11.4 Å². The van der Waals surface area contributed by atoms with Crippen molar-refractivity contribution in [2.75, 3.05) is 25.2 Å². The third-order valence-electron chi connectivity index (χ3n) is 5.13. The van der Waals surface area contributed by atoms with E-state index in [9.17, 15) is 4.79 Å². The number of hydrogen-bond acceptors (Lipinski definition) is 7. The van der Waals surface area contributed by atoms with Gasteiger partial charge in [-0.1, -0.05) is 19.9 Å². The van der Waals surface area contributed by atoms with Gasteiger partial charge in [0.1, 0.15) is 11.4 Å². The number of carbonyl (C=O) groups excluding carboxylic acids is 1. The van der Waals surface area contributed by atoms with Gasteiger partial charge in [0.15, 0.2) is 5.82 Å². The van der Waals surface area contributed by atoms with Crippen LogP contribution in [0.2, 0.25) is 0 Å². The lowest BCUT2D eigenvalue weighted by molar-refractivity contribution is 0.0343. The Morgan fingerprint density at radius 1 is 1.15 bits per heavy atom. The smallest absolute Gasteiger partial charge is 0.443 e. The summed E-state index contributed by atoms with van der Waals surface area (Å²) in [4.78, 5) is 27.9. The van der Waals surface area contributed by atoms with Crippen LogP contribution < -0.4 is 10.4 Å². The second kappa shape index (κ2) is 8.72. The molecule has 3 aromatic rings. The van der Waals surface area contributed by atoms with Crippen LogP contribution in [0.1, 0.15) is 34.6 Å². The van der Waals surface area contributed by atoms with Gasteiger partial charge in [-0.3, -0.25) is 9.88 Å². The highest BCUT2D eigenvalue weighted by Crippen LogP contribution is 2.28. The molecule has 0 saturated carbocycles. The minimum absolute atomic E-state index is 0.0306. The van der Waals surface area contributed by atoms with Gasteiger partial charge in [0.2, 0.25) is 0 Å². The third-order valence-corrected chi connectivity index (χ3v) is 5.13. The summed E-state index contributed by atoms with van der Waals surface area (Å²) in [5, 5.41) is 0.700. The van der Waals surface area contributed by atoms with E-state index in [1.807, 2.05) is 51.1 Å². The topological polar surface area (TPSA) is 86.7 Å². The Morgan fingerprint density at radius 3 is 2.52 bits per heavy atom. The zero-order valence-electron chi connectivity index (χ0n) is 20.0. The fourth-order valence-corrected chi connectivity index (χ4v) is 3.46. The Bertz CT molecular complexity index is 1150. The summed E-state index contributed by atoms with van der Waals surface area (Å²) in [6.07, 6.45) is 2.88. The first-order chi connectivity index (χ1) is 15.5. The van der Waals surface area contributed by atoms with Crippen molar-refractivity contribution in [2.24, 2.45) is 5.41 Å². The SMILES string of the molecule is CN(C(=O)OC(C)(C)C)c1nc(-c2cccnc2)nc2ccc(B3OCC(C)(C)CO3)cc12. The van der Waals surface area contributed by atoms with Gasteiger partial charge in [-0.25, -0.2) is 14.8 Å². The molecule has 1 fully saturated rings. The predicted octanol–water partition coefficient (Wildman–Crippen LogP) is 3.83. The number of aromatic nitrogens is 3. The maximum atomic E-state index is 12.9. The number of pyridine rings is 1. The van der Waals surface area contributed by atoms with Crippen LogP contribution in [-0.4, -0.2) is 54.0 Å². The van der Waals surface area contributed by atoms with Crippen LogP contribution in [0.15, 0.2) is 42.7 Å². The Hall–Kier alpha value is -3.04. The van der Waals surface area contributed by atoms with Gasteiger partial charge in [-0.2, -0.15) is 0 Å². The number of carbonyl (C=O) groups is 1. The number of fused-ring (bicyclic) bond motifs is 1. The summed E-state index contributed by atoms with van der Waals surface area (Å²) in [5.41, 5.74) is 1.62. The fourth-order valence-electron chi connectivity index (χ4n) is 3.46. The first-order valence-corrected chi connectivity index (χ1v) is 10.9. The van der Waals surface area contributed by atoms with Crippen LogP contribution >= 0.6 is 0 Å². The lowest BCUT2D eigenvalue weighted by atomic mass is 9.75. The molecule has 0 unspecified atom stereocenters. The first-order valence-electron chi connectivity index (χ1n) is 10.9. The molecule has 1 amide bonds. The minimum Gasteiger partial charge on any atom is -0.443 e. The molecule has 1 aliphatic heterocycles. The molecule has 0 spiro atoms. The van der Waals surface area contributed by atoms with Crippen LogP contribution in [0.4, 0.5) is 10.6 Å². The van der Waals surface area contributed by atoms with E-state index in [1.165, 1.54) is 4.90 Å². The molecule has 33 heavy (non-hydrogen) atoms. The molecular formula is C24H29BN4O4. The van der Waals surface area contributed by atoms with Gasteiger partial charge in [0, 0.05) is 49.0 Å². The average Bonchev–Trinajstić information content (AvgIpc) is 2.77. The number of benzene rings is 1. The van der Waals surface area contributed by atoms with E-state index < -0.39 is 18.8 Å². The molecule has 172 valence electrons. The summed E-state index contributed by atoms with van der Waals surface area (Å²) in [6.45, 7) is 10.9. The number of nitrogens with zero attached hydrogens (tertiary/aromatic N) is 4. The number of amides is 1. The highest BCUT2D eigenvalue weighted by Gasteiger charge is 2.34. The molecule has 9 heteroatoms. The quantitative estimate of drug-likeness (QED) is 0.563. The Morgan fingerprint density at radius 2 is 1.88 bits per heavy atom. The van der Waals surface area contributed by atoms with Crippen molar-refractivity contribution in [2.45, 2.75) is 40.2 Å². The number of rotatable bonds is 3. The molecule has 0 N–H and O–H groups in total. The third kappa shape index (κ3) is 5.31. The average molecular weight is 448 g/mol. The van der Waals surface area contributed by atoms with E-state index in [1.54, 1.807) is 19.4 Å². The molecule has 4 rings (SSSR count). The van der Waals surface area contributed by atoms with Crippen molar-refractivity contribution >= 4 is 35.4 Å². The van der Waals surface area contributed by atoms with Gasteiger partial charge < -0.3 is 14.0 Å². The number of ether oxygens (including phenoxy) is 1. The molecule has 1 aromatic carbocycles. The molecule has 2 aromatic heterocycles. The molecule has 3 heterocycles. The van der Waals surface area contributed by atoms with Gasteiger partial charge in [0.25, 0.3) is 0 Å². The van der Waals surface area contributed by atoms with Gasteiger partial charge >= 0.3 is 13.2 Å². The molecule has 8 nitrogen and oxygen atoms in total. The highest BCUT2D eigenvalue weighted by atomic mass is 16.6. The van der Waals surface area contributed by atoms with Crippen molar-refractivity contribution < 1.29 is 18.8 Å². The normalized spacial score (nSPS) is 16.0. The first kappa shape index (κ1) is 23.1. The maximum absolute atomic E-state index is 12.9. The zero-order valence-corrected chi connectivity index (χ0v) is 20.0. The summed E-state index contributed by atoms with van der Waals surface area (Å²) in [5.74, 6) is 0.909. The van der Waals surface area contributed by atoms with E-state index in [0.29, 0.717) is 35.8 Å². The summed E-state index contributed by atoms with van der Waals surface area (Å²) in [6, 6.07) is 9.45. The van der Waals surface area contributed by atoms with Crippen LogP contribution in [0.5, 0.6) is 0 Å². The maximum Gasteiger partial charge on any atom is 0.493 e. The molecular weight excluding hydrogens is 419 g/mol. The monoisotopic (exact) mass is 448 g/mol. The Balaban J connectivity index is 1.79. The summed E-state index contributed by atoms with van der Waals surface area (Å²) >= 11 is 0. The van der Waals surface area contributed by atoms with Gasteiger partial charge in [0.05, 0.1) is 5.52 Å². The molecule has 1 saturated heterocycles. The van der Waals surface area contributed by atoms with Crippen molar-refractivity contribution in [1.29, 1.82) is 0 Å². The van der Waals surface area contributed by atoms with E-state index >= 15 is 0 Å². The highest BCUT2D eigenvalue weighted by molar-refractivity contribution is 6.61. The van der Waals surface area contributed by atoms with Crippen molar-refractivity contribution in [3.05, 3.63) is 42.7 Å². The standard InChI is InChI=1S/C24H29BN4O4/c1-23(2,3)33-22(30)29(6)21-18-12-17(25-31-14-24(4,5)15-32-25)9-10-19(18)27-20(28-21)16-8-7-11-26-13-16/h7-13H,14-15H2,1-6H3. The molecule has 0 atom stereocenters. The van der Waals surface area contributed by atoms with E-state index in [-0.39, 0.29) is 5.41 Å². The van der Waals surface area contributed by atoms with Crippen LogP contribution in [0, 0.1) is 5.41 Å². The number of hydrogen-bond donors (Lipinski definition) is 0. The van der Waals surface area contributed by atoms with Gasteiger partial charge in [-0.05, 0) is 50.5 Å². The van der Waals surface area contributed by atoms with E-state index in [4.69, 9.17) is 24.0 Å². The molecule has 0 aliphatic carbocycles. The second-order valence-electron chi connectivity index (χ2n) is 10.0. The van der Waals surface area contributed by atoms with Gasteiger partial charge in [-0.15, -0.1) is 0 Å². The lowest BCUT2D eigenvalue weighted by Crippen LogP contribution is -2.47. The molecule has 1 aliphatic rings. The number of anilines is 1. The van der Waals surface area contributed by atoms with Crippen molar-refractivity contribution in [3.63, 3.8) is 0 Å². The predicted molar refractivity (Wildman–Crippen MR) is 128 cm³/mol. The summed E-state index contributed by atoms with van der Waals surface area (Å²) < 4.78 is 17.5. The molecule has 0 radical (unpaired) electrons.